The van der Waals surface area contributed by atoms with Crippen molar-refractivity contribution in [3.8, 4) is 0 Å². The van der Waals surface area contributed by atoms with E-state index in [-0.39, 0.29) is 17.2 Å². The highest BCUT2D eigenvalue weighted by molar-refractivity contribution is 7.16. The Morgan fingerprint density at radius 1 is 1.32 bits per heavy atom. The molecular weight excluding hydrogens is 362 g/mol. The van der Waals surface area contributed by atoms with Crippen LogP contribution in [-0.4, -0.2) is 43.2 Å². The number of fused-ring (bicyclic) bond motifs is 2. The van der Waals surface area contributed by atoms with E-state index in [4.69, 9.17) is 11.6 Å². The Morgan fingerprint density at radius 2 is 2.12 bits per heavy atom. The van der Waals surface area contributed by atoms with Gasteiger partial charge in [-0.1, -0.05) is 11.6 Å². The molecule has 0 fully saturated rings. The molecule has 4 rings (SSSR count). The summed E-state index contributed by atoms with van der Waals surface area (Å²) in [5.41, 5.74) is 1.17. The van der Waals surface area contributed by atoms with Crippen molar-refractivity contribution in [1.82, 2.24) is 24.2 Å². The summed E-state index contributed by atoms with van der Waals surface area (Å²) in [7, 11) is 1.72. The number of thiophene rings is 1. The number of halogens is 1. The second-order valence-corrected chi connectivity index (χ2v) is 7.39. The molecule has 3 aromatic rings. The molecule has 0 saturated heterocycles. The second-order valence-electron chi connectivity index (χ2n) is 6.13. The van der Waals surface area contributed by atoms with Crippen molar-refractivity contribution in [3.05, 3.63) is 44.0 Å². The van der Waals surface area contributed by atoms with Gasteiger partial charge in [-0.3, -0.25) is 18.8 Å². The van der Waals surface area contributed by atoms with Gasteiger partial charge in [0.2, 0.25) is 0 Å². The van der Waals surface area contributed by atoms with Gasteiger partial charge in [0.15, 0.2) is 5.69 Å². The predicted octanol–water partition coefficient (Wildman–Crippen LogP) is 1.85. The summed E-state index contributed by atoms with van der Waals surface area (Å²) in [6.45, 7) is 3.25. The summed E-state index contributed by atoms with van der Waals surface area (Å²) in [5.74, 6) is 0.506. The van der Waals surface area contributed by atoms with Crippen molar-refractivity contribution in [2.24, 2.45) is 7.05 Å². The fraction of sp³-hybridized carbons (Fsp3) is 0.375. The highest BCUT2D eigenvalue weighted by Crippen LogP contribution is 2.22. The molecule has 3 aromatic heterocycles. The molecule has 0 spiro atoms. The van der Waals surface area contributed by atoms with Crippen LogP contribution in [0.1, 0.15) is 21.9 Å². The maximum Gasteiger partial charge on any atom is 0.275 e. The Labute approximate surface area is 152 Å². The van der Waals surface area contributed by atoms with Crippen molar-refractivity contribution in [3.63, 3.8) is 0 Å². The van der Waals surface area contributed by atoms with Crippen LogP contribution in [0, 0.1) is 6.92 Å². The maximum atomic E-state index is 12.8. The number of aromatic nitrogens is 4. The largest absolute Gasteiger partial charge is 0.335 e. The molecule has 9 heteroatoms. The molecule has 0 unspecified atom stereocenters. The molecule has 0 bridgehead atoms. The molecule has 130 valence electrons. The van der Waals surface area contributed by atoms with E-state index in [0.717, 1.165) is 16.2 Å². The molecule has 0 aromatic carbocycles. The Hall–Kier alpha value is -2.19. The van der Waals surface area contributed by atoms with Gasteiger partial charge in [-0.05, 0) is 17.9 Å². The number of amides is 1. The average Bonchev–Trinajstić information content (AvgIpc) is 3.01. The molecule has 7 nitrogen and oxygen atoms in total. The number of rotatable bonds is 1. The smallest absolute Gasteiger partial charge is 0.275 e. The zero-order valence-corrected chi connectivity index (χ0v) is 15.4. The monoisotopic (exact) mass is 377 g/mol. The zero-order chi connectivity index (χ0) is 17.7. The summed E-state index contributed by atoms with van der Waals surface area (Å²) >= 11 is 7.57. The summed E-state index contributed by atoms with van der Waals surface area (Å²) in [6, 6.07) is 0. The topological polar surface area (TPSA) is 73.0 Å². The fourth-order valence-corrected chi connectivity index (χ4v) is 4.34. The Morgan fingerprint density at radius 3 is 2.84 bits per heavy atom. The van der Waals surface area contributed by atoms with Gasteiger partial charge >= 0.3 is 0 Å². The minimum Gasteiger partial charge on any atom is -0.335 e. The van der Waals surface area contributed by atoms with Gasteiger partial charge in [-0.15, -0.1) is 11.3 Å². The molecule has 0 atom stereocenters. The van der Waals surface area contributed by atoms with Crippen LogP contribution >= 0.6 is 22.9 Å². The van der Waals surface area contributed by atoms with E-state index in [9.17, 15) is 9.59 Å². The van der Waals surface area contributed by atoms with Crippen LogP contribution in [0.3, 0.4) is 0 Å². The molecule has 0 radical (unpaired) electrons. The molecule has 0 aliphatic carbocycles. The highest BCUT2D eigenvalue weighted by atomic mass is 35.5. The van der Waals surface area contributed by atoms with Crippen molar-refractivity contribution < 1.29 is 4.79 Å². The molecule has 0 saturated carbocycles. The predicted molar refractivity (Wildman–Crippen MR) is 96.4 cm³/mol. The molecular formula is C16H16ClN5O2S. The summed E-state index contributed by atoms with van der Waals surface area (Å²) in [6.07, 6.45) is 2.13. The molecule has 1 aliphatic rings. The van der Waals surface area contributed by atoms with E-state index in [0.29, 0.717) is 36.5 Å². The first kappa shape index (κ1) is 16.3. The maximum absolute atomic E-state index is 12.8. The number of hydrogen-bond acceptors (Lipinski definition) is 5. The third kappa shape index (κ3) is 2.65. The van der Waals surface area contributed by atoms with Gasteiger partial charge in [0.1, 0.15) is 10.7 Å². The number of carbonyl (C=O) groups excluding carboxylic acids is 1. The third-order valence-electron chi connectivity index (χ3n) is 4.43. The van der Waals surface area contributed by atoms with E-state index < -0.39 is 0 Å². The standard InChI is InChI=1S/C16H16ClN5O2S/c1-9-8-25-14-12(9)15(23)22-6-5-21(4-3-11(22)18-14)16(24)13-10(17)7-20(2)19-13/h7-8H,3-6H2,1-2H3. The highest BCUT2D eigenvalue weighted by Gasteiger charge is 2.25. The van der Waals surface area contributed by atoms with E-state index in [1.54, 1.807) is 22.7 Å². The van der Waals surface area contributed by atoms with Crippen molar-refractivity contribution in [1.29, 1.82) is 0 Å². The normalized spacial score (nSPS) is 14.6. The lowest BCUT2D eigenvalue weighted by atomic mass is 10.2. The first-order valence-electron chi connectivity index (χ1n) is 7.91. The van der Waals surface area contributed by atoms with E-state index in [1.165, 1.54) is 16.0 Å². The van der Waals surface area contributed by atoms with Gasteiger partial charge in [0.25, 0.3) is 11.5 Å². The summed E-state index contributed by atoms with van der Waals surface area (Å²) in [5, 5.41) is 7.11. The van der Waals surface area contributed by atoms with Crippen LogP contribution in [0.25, 0.3) is 10.2 Å². The summed E-state index contributed by atoms with van der Waals surface area (Å²) in [4.78, 5) is 32.6. The molecule has 1 amide bonds. The van der Waals surface area contributed by atoms with Crippen molar-refractivity contribution in [2.45, 2.75) is 19.9 Å². The Kier molecular flexibility index (Phi) is 3.88. The second kappa shape index (κ2) is 5.96. The van der Waals surface area contributed by atoms with Crippen molar-refractivity contribution in [2.75, 3.05) is 13.1 Å². The lowest BCUT2D eigenvalue weighted by Crippen LogP contribution is -2.34. The first-order valence-corrected chi connectivity index (χ1v) is 9.17. The van der Waals surface area contributed by atoms with Crippen LogP contribution in [0.5, 0.6) is 0 Å². The zero-order valence-electron chi connectivity index (χ0n) is 13.8. The molecule has 0 N–H and O–H groups in total. The lowest BCUT2D eigenvalue weighted by molar-refractivity contribution is 0.0752. The van der Waals surface area contributed by atoms with Gasteiger partial charge in [0, 0.05) is 39.3 Å². The SMILES string of the molecule is Cc1csc2nc3n(c(=O)c12)CCN(C(=O)c1nn(C)cc1Cl)CC3. The third-order valence-corrected chi connectivity index (χ3v) is 5.70. The molecule has 4 heterocycles. The van der Waals surface area contributed by atoms with Crippen LogP contribution < -0.4 is 5.56 Å². The Bertz CT molecular complexity index is 1050. The van der Waals surface area contributed by atoms with Crippen molar-refractivity contribution >= 4 is 39.1 Å². The minimum absolute atomic E-state index is 0.0242. The van der Waals surface area contributed by atoms with Crippen LogP contribution in [0.4, 0.5) is 0 Å². The number of hydrogen-bond donors (Lipinski definition) is 0. The number of aryl methyl sites for hydroxylation is 2. The summed E-state index contributed by atoms with van der Waals surface area (Å²) < 4.78 is 3.21. The molecule has 25 heavy (non-hydrogen) atoms. The van der Waals surface area contributed by atoms with E-state index >= 15 is 0 Å². The lowest BCUT2D eigenvalue weighted by Gasteiger charge is -2.18. The fourth-order valence-electron chi connectivity index (χ4n) is 3.15. The average molecular weight is 378 g/mol. The van der Waals surface area contributed by atoms with Gasteiger partial charge in [-0.25, -0.2) is 4.98 Å². The van der Waals surface area contributed by atoms with Crippen LogP contribution in [0.15, 0.2) is 16.4 Å². The van der Waals surface area contributed by atoms with Crippen LogP contribution in [0.2, 0.25) is 5.02 Å². The van der Waals surface area contributed by atoms with Gasteiger partial charge < -0.3 is 4.90 Å². The minimum atomic E-state index is -0.218. The van der Waals surface area contributed by atoms with Crippen LogP contribution in [-0.2, 0) is 20.0 Å². The first-order chi connectivity index (χ1) is 12.0. The van der Waals surface area contributed by atoms with E-state index in [2.05, 4.69) is 10.1 Å². The number of carbonyl (C=O) groups is 1. The van der Waals surface area contributed by atoms with Gasteiger partial charge in [0.05, 0.1) is 10.4 Å². The van der Waals surface area contributed by atoms with Gasteiger partial charge in [-0.2, -0.15) is 5.10 Å². The molecule has 1 aliphatic heterocycles. The number of nitrogens with zero attached hydrogens (tertiary/aromatic N) is 5. The quantitative estimate of drug-likeness (QED) is 0.648. The Balaban J connectivity index is 1.67. The van der Waals surface area contributed by atoms with E-state index in [1.807, 2.05) is 12.3 Å².